The van der Waals surface area contributed by atoms with Crippen molar-refractivity contribution in [3.63, 3.8) is 0 Å². The number of sulfonamides is 1. The first kappa shape index (κ1) is 22.0. The monoisotopic (exact) mass is 432 g/mol. The second-order valence-electron chi connectivity index (χ2n) is 7.96. The summed E-state index contributed by atoms with van der Waals surface area (Å²) in [6.07, 6.45) is -0.0141. The molecule has 1 aliphatic heterocycles. The number of hydrogen-bond acceptors (Lipinski definition) is 5. The van der Waals surface area contributed by atoms with Gasteiger partial charge in [0.05, 0.1) is 22.9 Å². The molecular formula is C22H28N2O5S. The predicted octanol–water partition coefficient (Wildman–Crippen LogP) is 4.43. The summed E-state index contributed by atoms with van der Waals surface area (Å²) < 4.78 is 39.2. The molecule has 1 heterocycles. The van der Waals surface area contributed by atoms with Crippen molar-refractivity contribution < 1.29 is 22.7 Å². The summed E-state index contributed by atoms with van der Waals surface area (Å²) in [7, 11) is -3.82. The van der Waals surface area contributed by atoms with E-state index in [-0.39, 0.29) is 11.4 Å². The maximum atomic E-state index is 13.4. The lowest BCUT2D eigenvalue weighted by molar-refractivity contribution is 0.0581. The zero-order valence-electron chi connectivity index (χ0n) is 17.8. The predicted molar refractivity (Wildman–Crippen MR) is 117 cm³/mol. The Morgan fingerprint density at radius 2 is 1.63 bits per heavy atom. The van der Waals surface area contributed by atoms with E-state index in [9.17, 15) is 13.2 Å². The van der Waals surface area contributed by atoms with Crippen LogP contribution in [0.2, 0.25) is 0 Å². The Morgan fingerprint density at radius 1 is 1.00 bits per heavy atom. The van der Waals surface area contributed by atoms with Crippen LogP contribution in [0.5, 0.6) is 5.75 Å². The summed E-state index contributed by atoms with van der Waals surface area (Å²) >= 11 is 0. The van der Waals surface area contributed by atoms with Gasteiger partial charge in [-0.3, -0.25) is 9.21 Å². The standard InChI is InChI=1S/C22H28N2O5S/c1-5-28-17-11-13-18(14-12-17)30(26,27)24-16-8-15-23(21(25)29-22(2,3)4)19-9-6-7-10-20(19)24/h6-7,9-14H,5,8,15-16H2,1-4H3. The number of hydrogen-bond donors (Lipinski definition) is 0. The van der Waals surface area contributed by atoms with Gasteiger partial charge in [0.1, 0.15) is 11.4 Å². The summed E-state index contributed by atoms with van der Waals surface area (Å²) in [4.78, 5) is 14.5. The number of rotatable bonds is 4. The van der Waals surface area contributed by atoms with Crippen molar-refractivity contribution in [2.24, 2.45) is 0 Å². The molecule has 0 saturated heterocycles. The number of para-hydroxylation sites is 2. The minimum atomic E-state index is -3.82. The van der Waals surface area contributed by atoms with E-state index in [0.29, 0.717) is 36.7 Å². The van der Waals surface area contributed by atoms with Crippen LogP contribution in [0.4, 0.5) is 16.2 Å². The number of ether oxygens (including phenoxy) is 2. The number of carbonyl (C=O) groups excluding carboxylic acids is 1. The molecule has 0 fully saturated rings. The molecule has 1 amide bonds. The molecule has 0 aliphatic carbocycles. The van der Waals surface area contributed by atoms with E-state index in [0.717, 1.165) is 0 Å². The summed E-state index contributed by atoms with van der Waals surface area (Å²) in [6, 6.07) is 13.4. The molecule has 0 radical (unpaired) electrons. The van der Waals surface area contributed by atoms with Gasteiger partial charge in [-0.05, 0) is 70.5 Å². The van der Waals surface area contributed by atoms with Gasteiger partial charge in [0.25, 0.3) is 10.0 Å². The molecule has 0 saturated carbocycles. The van der Waals surface area contributed by atoms with Gasteiger partial charge in [0, 0.05) is 13.1 Å². The van der Waals surface area contributed by atoms with E-state index >= 15 is 0 Å². The van der Waals surface area contributed by atoms with Crippen LogP contribution in [-0.2, 0) is 14.8 Å². The zero-order valence-corrected chi connectivity index (χ0v) is 18.6. The Kier molecular flexibility index (Phi) is 6.26. The minimum Gasteiger partial charge on any atom is -0.494 e. The van der Waals surface area contributed by atoms with Crippen LogP contribution in [0.25, 0.3) is 0 Å². The van der Waals surface area contributed by atoms with Crippen molar-refractivity contribution in [1.82, 2.24) is 0 Å². The van der Waals surface area contributed by atoms with Crippen LogP contribution >= 0.6 is 0 Å². The summed E-state index contributed by atoms with van der Waals surface area (Å²) in [5, 5.41) is 0. The maximum Gasteiger partial charge on any atom is 0.414 e. The van der Waals surface area contributed by atoms with Crippen LogP contribution in [0, 0.1) is 0 Å². The first-order valence-corrected chi connectivity index (χ1v) is 11.4. The van der Waals surface area contributed by atoms with E-state index in [2.05, 4.69) is 0 Å². The summed E-state index contributed by atoms with van der Waals surface area (Å²) in [6.45, 7) is 8.40. The molecule has 0 atom stereocenters. The van der Waals surface area contributed by atoms with Crippen LogP contribution < -0.4 is 13.9 Å². The minimum absolute atomic E-state index is 0.173. The van der Waals surface area contributed by atoms with E-state index in [1.54, 1.807) is 69.3 Å². The smallest absolute Gasteiger partial charge is 0.414 e. The molecule has 0 bridgehead atoms. The van der Waals surface area contributed by atoms with Gasteiger partial charge in [0.2, 0.25) is 0 Å². The number of nitrogens with zero attached hydrogens (tertiary/aromatic N) is 2. The number of fused-ring (bicyclic) bond motifs is 1. The van der Waals surface area contributed by atoms with Crippen LogP contribution in [0.15, 0.2) is 53.4 Å². The quantitative estimate of drug-likeness (QED) is 0.715. The largest absolute Gasteiger partial charge is 0.494 e. The molecule has 0 N–H and O–H groups in total. The fraction of sp³-hybridized carbons (Fsp3) is 0.409. The van der Waals surface area contributed by atoms with Crippen molar-refractivity contribution in [2.75, 3.05) is 28.9 Å². The lowest BCUT2D eigenvalue weighted by Crippen LogP contribution is -2.37. The van der Waals surface area contributed by atoms with Crippen LogP contribution in [0.1, 0.15) is 34.1 Å². The van der Waals surface area contributed by atoms with E-state index in [1.807, 2.05) is 6.92 Å². The van der Waals surface area contributed by atoms with E-state index in [4.69, 9.17) is 9.47 Å². The molecule has 0 spiro atoms. The first-order chi connectivity index (χ1) is 14.1. The fourth-order valence-electron chi connectivity index (χ4n) is 3.27. The summed E-state index contributed by atoms with van der Waals surface area (Å²) in [5.74, 6) is 0.615. The van der Waals surface area contributed by atoms with Crippen molar-refractivity contribution in [1.29, 1.82) is 0 Å². The van der Waals surface area contributed by atoms with Crippen molar-refractivity contribution >= 4 is 27.5 Å². The number of amides is 1. The SMILES string of the molecule is CCOc1ccc(S(=O)(=O)N2CCCN(C(=O)OC(C)(C)C)c3ccccc32)cc1. The third-order valence-electron chi connectivity index (χ3n) is 4.52. The Morgan fingerprint density at radius 3 is 2.23 bits per heavy atom. The molecule has 0 unspecified atom stereocenters. The third kappa shape index (κ3) is 4.70. The topological polar surface area (TPSA) is 76.2 Å². The van der Waals surface area contributed by atoms with Gasteiger partial charge < -0.3 is 9.47 Å². The lowest BCUT2D eigenvalue weighted by Gasteiger charge is -2.28. The van der Waals surface area contributed by atoms with Gasteiger partial charge in [-0.1, -0.05) is 12.1 Å². The van der Waals surface area contributed by atoms with Crippen molar-refractivity contribution in [2.45, 2.75) is 44.6 Å². The second kappa shape index (κ2) is 8.55. The average Bonchev–Trinajstić information content (AvgIpc) is 2.87. The fourth-order valence-corrected chi connectivity index (χ4v) is 4.79. The Bertz CT molecular complexity index is 997. The molecule has 1 aliphatic rings. The van der Waals surface area contributed by atoms with Gasteiger partial charge in [-0.2, -0.15) is 0 Å². The van der Waals surface area contributed by atoms with E-state index < -0.39 is 21.7 Å². The molecule has 30 heavy (non-hydrogen) atoms. The molecule has 2 aromatic carbocycles. The normalized spacial score (nSPS) is 14.7. The Labute approximate surface area is 178 Å². The second-order valence-corrected chi connectivity index (χ2v) is 9.82. The molecule has 8 heteroatoms. The number of benzene rings is 2. The number of carbonyl (C=O) groups is 1. The summed E-state index contributed by atoms with van der Waals surface area (Å²) in [5.41, 5.74) is 0.320. The maximum absolute atomic E-state index is 13.4. The van der Waals surface area contributed by atoms with Gasteiger partial charge >= 0.3 is 6.09 Å². The van der Waals surface area contributed by atoms with Gasteiger partial charge in [-0.15, -0.1) is 0 Å². The van der Waals surface area contributed by atoms with Gasteiger partial charge in [-0.25, -0.2) is 13.2 Å². The van der Waals surface area contributed by atoms with Crippen LogP contribution in [-0.4, -0.2) is 39.8 Å². The molecule has 162 valence electrons. The first-order valence-electron chi connectivity index (χ1n) is 9.98. The lowest BCUT2D eigenvalue weighted by atomic mass is 10.2. The van der Waals surface area contributed by atoms with Crippen molar-refractivity contribution in [3.8, 4) is 5.75 Å². The van der Waals surface area contributed by atoms with Crippen molar-refractivity contribution in [3.05, 3.63) is 48.5 Å². The number of anilines is 2. The average molecular weight is 433 g/mol. The highest BCUT2D eigenvalue weighted by Gasteiger charge is 2.33. The third-order valence-corrected chi connectivity index (χ3v) is 6.35. The molecule has 7 nitrogen and oxygen atoms in total. The molecule has 2 aromatic rings. The highest BCUT2D eigenvalue weighted by molar-refractivity contribution is 7.92. The Hall–Kier alpha value is -2.74. The molecule has 0 aromatic heterocycles. The van der Waals surface area contributed by atoms with Crippen LogP contribution in [0.3, 0.4) is 0 Å². The molecule has 3 rings (SSSR count). The highest BCUT2D eigenvalue weighted by Crippen LogP contribution is 2.36. The zero-order chi connectivity index (χ0) is 21.9. The van der Waals surface area contributed by atoms with E-state index in [1.165, 1.54) is 9.21 Å². The highest BCUT2D eigenvalue weighted by atomic mass is 32.2. The molecular weight excluding hydrogens is 404 g/mol. The van der Waals surface area contributed by atoms with Gasteiger partial charge in [0.15, 0.2) is 0 Å². The Balaban J connectivity index is 1.99.